The van der Waals surface area contributed by atoms with Gasteiger partial charge in [0.1, 0.15) is 0 Å². The molecular formula is C21H28N4O2. The molecule has 0 saturated carbocycles. The van der Waals surface area contributed by atoms with Crippen molar-refractivity contribution in [2.75, 3.05) is 26.2 Å². The average Bonchev–Trinajstić information content (AvgIpc) is 2.92. The van der Waals surface area contributed by atoms with Crippen LogP contribution in [-0.4, -0.2) is 58.0 Å². The molecule has 1 aromatic carbocycles. The minimum Gasteiger partial charge on any atom is -0.342 e. The van der Waals surface area contributed by atoms with Gasteiger partial charge in [0.15, 0.2) is 0 Å². The predicted molar refractivity (Wildman–Crippen MR) is 104 cm³/mol. The van der Waals surface area contributed by atoms with Gasteiger partial charge in [-0.1, -0.05) is 31.0 Å². The smallest absolute Gasteiger partial charge is 0.228 e. The Balaban J connectivity index is 1.32. The maximum atomic E-state index is 12.8. The summed E-state index contributed by atoms with van der Waals surface area (Å²) in [4.78, 5) is 29.5. The molecule has 6 heteroatoms. The first kappa shape index (κ1) is 18.0. The standard InChI is InChI=1S/C21H28N4O2/c26-20(15-19-17-7-3-4-8-18(17)22-23-19)24-13-9-16(10-14-24)21(27)25-11-5-1-2-6-12-25/h3-4,7-8,16H,1-2,5-6,9-15H2,(H,22,23). The van der Waals surface area contributed by atoms with E-state index in [4.69, 9.17) is 0 Å². The quantitative estimate of drug-likeness (QED) is 0.906. The normalized spacial score (nSPS) is 19.3. The topological polar surface area (TPSA) is 69.3 Å². The zero-order valence-electron chi connectivity index (χ0n) is 15.8. The SMILES string of the molecule is O=C(Cc1[nH]nc2ccccc12)N1CCC(C(=O)N2CCCCCC2)CC1. The van der Waals surface area contributed by atoms with Crippen LogP contribution in [0.25, 0.3) is 10.9 Å². The first-order chi connectivity index (χ1) is 13.2. The summed E-state index contributed by atoms with van der Waals surface area (Å²) in [6, 6.07) is 7.85. The fourth-order valence-corrected chi connectivity index (χ4v) is 4.34. The molecule has 0 bridgehead atoms. The lowest BCUT2D eigenvalue weighted by Crippen LogP contribution is -2.45. The fourth-order valence-electron chi connectivity index (χ4n) is 4.34. The van der Waals surface area contributed by atoms with E-state index in [-0.39, 0.29) is 11.8 Å². The zero-order chi connectivity index (χ0) is 18.6. The van der Waals surface area contributed by atoms with Crippen LogP contribution in [0, 0.1) is 5.92 Å². The number of nitrogens with zero attached hydrogens (tertiary/aromatic N) is 3. The van der Waals surface area contributed by atoms with Gasteiger partial charge in [-0.25, -0.2) is 0 Å². The third kappa shape index (κ3) is 3.99. The molecule has 2 saturated heterocycles. The van der Waals surface area contributed by atoms with Crippen LogP contribution in [0.4, 0.5) is 0 Å². The summed E-state index contributed by atoms with van der Waals surface area (Å²) < 4.78 is 0. The van der Waals surface area contributed by atoms with Crippen molar-refractivity contribution in [1.29, 1.82) is 0 Å². The van der Waals surface area contributed by atoms with Crippen LogP contribution in [0.1, 0.15) is 44.2 Å². The average molecular weight is 368 g/mol. The number of carbonyl (C=O) groups excluding carboxylic acids is 2. The molecule has 3 heterocycles. The molecule has 2 fully saturated rings. The van der Waals surface area contributed by atoms with E-state index in [1.165, 1.54) is 12.8 Å². The predicted octanol–water partition coefficient (Wildman–Crippen LogP) is 2.75. The molecule has 0 atom stereocenters. The monoisotopic (exact) mass is 368 g/mol. The molecule has 2 aliphatic rings. The van der Waals surface area contributed by atoms with Crippen LogP contribution >= 0.6 is 0 Å². The molecule has 0 unspecified atom stereocenters. The lowest BCUT2D eigenvalue weighted by Gasteiger charge is -2.34. The number of nitrogens with one attached hydrogen (secondary N) is 1. The largest absolute Gasteiger partial charge is 0.342 e. The highest BCUT2D eigenvalue weighted by atomic mass is 16.2. The van der Waals surface area contributed by atoms with E-state index in [1.54, 1.807) is 0 Å². The second-order valence-electron chi connectivity index (χ2n) is 7.79. The third-order valence-corrected chi connectivity index (χ3v) is 5.98. The Morgan fingerprint density at radius 1 is 0.963 bits per heavy atom. The van der Waals surface area contributed by atoms with E-state index < -0.39 is 0 Å². The number of H-pyrrole nitrogens is 1. The van der Waals surface area contributed by atoms with Crippen molar-refractivity contribution in [3.63, 3.8) is 0 Å². The van der Waals surface area contributed by atoms with Crippen molar-refractivity contribution in [2.24, 2.45) is 5.92 Å². The minimum atomic E-state index is 0.0835. The number of hydrogen-bond acceptors (Lipinski definition) is 3. The Labute approximate surface area is 159 Å². The Hall–Kier alpha value is -2.37. The third-order valence-electron chi connectivity index (χ3n) is 5.98. The van der Waals surface area contributed by atoms with Crippen LogP contribution in [0.2, 0.25) is 0 Å². The summed E-state index contributed by atoms with van der Waals surface area (Å²) in [6.07, 6.45) is 6.63. The maximum absolute atomic E-state index is 12.8. The van der Waals surface area contributed by atoms with Crippen LogP contribution < -0.4 is 0 Å². The van der Waals surface area contributed by atoms with Crippen LogP contribution in [0.15, 0.2) is 24.3 Å². The molecular weight excluding hydrogens is 340 g/mol. The maximum Gasteiger partial charge on any atom is 0.228 e. The second-order valence-corrected chi connectivity index (χ2v) is 7.79. The number of fused-ring (bicyclic) bond motifs is 1. The number of rotatable bonds is 3. The fraction of sp³-hybridized carbons (Fsp3) is 0.571. The van der Waals surface area contributed by atoms with Crippen molar-refractivity contribution in [3.05, 3.63) is 30.0 Å². The highest BCUT2D eigenvalue weighted by Gasteiger charge is 2.30. The highest BCUT2D eigenvalue weighted by molar-refractivity contribution is 5.87. The summed E-state index contributed by atoms with van der Waals surface area (Å²) in [5.74, 6) is 0.508. The zero-order valence-corrected chi connectivity index (χ0v) is 15.8. The summed E-state index contributed by atoms with van der Waals surface area (Å²) in [5.41, 5.74) is 1.76. The van der Waals surface area contributed by atoms with Crippen LogP contribution in [-0.2, 0) is 16.0 Å². The molecule has 4 rings (SSSR count). The molecule has 2 aromatic rings. The molecule has 1 N–H and O–H groups in total. The highest BCUT2D eigenvalue weighted by Crippen LogP contribution is 2.23. The molecule has 0 aliphatic carbocycles. The number of aromatic nitrogens is 2. The summed E-state index contributed by atoms with van der Waals surface area (Å²) in [6.45, 7) is 3.17. The van der Waals surface area contributed by atoms with Gasteiger partial charge < -0.3 is 9.80 Å². The van der Waals surface area contributed by atoms with E-state index in [0.717, 1.165) is 55.4 Å². The Bertz CT molecular complexity index is 799. The number of likely N-dealkylation sites (tertiary alicyclic amines) is 2. The number of piperidine rings is 1. The van der Waals surface area contributed by atoms with Gasteiger partial charge in [-0.15, -0.1) is 0 Å². The first-order valence-corrected chi connectivity index (χ1v) is 10.2. The Kier molecular flexibility index (Phi) is 5.41. The lowest BCUT2D eigenvalue weighted by atomic mass is 9.94. The molecule has 6 nitrogen and oxygen atoms in total. The van der Waals surface area contributed by atoms with Crippen molar-refractivity contribution in [1.82, 2.24) is 20.0 Å². The number of aromatic amines is 1. The van der Waals surface area contributed by atoms with Gasteiger partial charge in [0.25, 0.3) is 0 Å². The Morgan fingerprint density at radius 3 is 2.41 bits per heavy atom. The van der Waals surface area contributed by atoms with Gasteiger partial charge in [0, 0.05) is 37.5 Å². The van der Waals surface area contributed by atoms with Gasteiger partial charge >= 0.3 is 0 Å². The number of para-hydroxylation sites is 1. The first-order valence-electron chi connectivity index (χ1n) is 10.2. The van der Waals surface area contributed by atoms with Crippen molar-refractivity contribution < 1.29 is 9.59 Å². The van der Waals surface area contributed by atoms with Crippen molar-refractivity contribution in [3.8, 4) is 0 Å². The molecule has 2 aliphatic heterocycles. The van der Waals surface area contributed by atoms with Gasteiger partial charge in [-0.05, 0) is 31.7 Å². The summed E-state index contributed by atoms with van der Waals surface area (Å²) in [5, 5.41) is 8.28. The number of hydrogen-bond donors (Lipinski definition) is 1. The lowest BCUT2D eigenvalue weighted by molar-refractivity contribution is -0.140. The van der Waals surface area contributed by atoms with Gasteiger partial charge in [-0.2, -0.15) is 5.10 Å². The van der Waals surface area contributed by atoms with Gasteiger partial charge in [0.05, 0.1) is 17.6 Å². The number of carbonyl (C=O) groups is 2. The number of benzene rings is 1. The van der Waals surface area contributed by atoms with E-state index in [0.29, 0.717) is 25.4 Å². The molecule has 144 valence electrons. The van der Waals surface area contributed by atoms with Gasteiger partial charge in [-0.3, -0.25) is 14.7 Å². The van der Waals surface area contributed by atoms with Crippen molar-refractivity contribution in [2.45, 2.75) is 44.9 Å². The van der Waals surface area contributed by atoms with Crippen molar-refractivity contribution >= 4 is 22.7 Å². The van der Waals surface area contributed by atoms with E-state index in [9.17, 15) is 9.59 Å². The summed E-state index contributed by atoms with van der Waals surface area (Å²) in [7, 11) is 0. The van der Waals surface area contributed by atoms with Gasteiger partial charge in [0.2, 0.25) is 11.8 Å². The second kappa shape index (κ2) is 8.11. The molecule has 2 amide bonds. The van der Waals surface area contributed by atoms with Crippen LogP contribution in [0.3, 0.4) is 0 Å². The van der Waals surface area contributed by atoms with Crippen LogP contribution in [0.5, 0.6) is 0 Å². The molecule has 27 heavy (non-hydrogen) atoms. The molecule has 1 aromatic heterocycles. The molecule has 0 spiro atoms. The summed E-state index contributed by atoms with van der Waals surface area (Å²) >= 11 is 0. The van der Waals surface area contributed by atoms with E-state index in [1.807, 2.05) is 29.2 Å². The molecule has 0 radical (unpaired) electrons. The van der Waals surface area contributed by atoms with E-state index >= 15 is 0 Å². The Morgan fingerprint density at radius 2 is 1.67 bits per heavy atom. The van der Waals surface area contributed by atoms with E-state index in [2.05, 4.69) is 15.1 Å². The number of amides is 2. The minimum absolute atomic E-state index is 0.0835.